The quantitative estimate of drug-likeness (QED) is 0.0742. The number of nitrogens with one attached hydrogen (secondary N) is 2. The molecule has 8 nitrogen and oxygen atoms in total. The van der Waals surface area contributed by atoms with E-state index in [4.69, 9.17) is 19.4 Å². The summed E-state index contributed by atoms with van der Waals surface area (Å²) in [6.45, 7) is 3.52. The summed E-state index contributed by atoms with van der Waals surface area (Å²) in [5.74, 6) is 1.74. The number of rotatable bonds is 12. The van der Waals surface area contributed by atoms with Gasteiger partial charge >= 0.3 is 17.1 Å². The summed E-state index contributed by atoms with van der Waals surface area (Å²) in [4.78, 5) is 17.5. The second kappa shape index (κ2) is 16.0. The van der Waals surface area contributed by atoms with E-state index in [0.29, 0.717) is 13.2 Å². The Labute approximate surface area is 323 Å². The number of fused-ring (bicyclic) bond motifs is 8. The topological polar surface area (TPSA) is 75.8 Å². The van der Waals surface area contributed by atoms with Gasteiger partial charge in [-0.3, -0.25) is 0 Å². The predicted molar refractivity (Wildman–Crippen MR) is 216 cm³/mol. The van der Waals surface area contributed by atoms with Crippen LogP contribution in [0.3, 0.4) is 0 Å². The first-order chi connectivity index (χ1) is 25.0. The van der Waals surface area contributed by atoms with Crippen LogP contribution in [0.5, 0.6) is 11.5 Å². The SMILES string of the molecule is C[N+](C)(C)CCCOc1ccc(-c2c3nc(cc4ccc([nH]4)c(-c4ccc(OCCC[N+](C)(C)C)cc4)c4nc(cc5ccc2[nH]5)C=C4)C=C3)cc1.[Cu+2]. The molecule has 9 heteroatoms. The first-order valence-electron chi connectivity index (χ1n) is 18.1. The number of hydrogen-bond acceptors (Lipinski definition) is 4. The second-order valence-electron chi connectivity index (χ2n) is 15.7. The monoisotopic (exact) mass is 757 g/mol. The van der Waals surface area contributed by atoms with Gasteiger partial charge in [-0.2, -0.15) is 0 Å². The average Bonchev–Trinajstić information content (AvgIpc) is 3.93. The first-order valence-corrected chi connectivity index (χ1v) is 18.1. The number of aromatic amines is 2. The van der Waals surface area contributed by atoms with Crippen LogP contribution in [-0.4, -0.2) is 97.5 Å². The third-order valence-electron chi connectivity index (χ3n) is 9.17. The Bertz CT molecular complexity index is 2110. The van der Waals surface area contributed by atoms with Gasteiger partial charge in [-0.25, -0.2) is 9.97 Å². The molecule has 7 rings (SSSR count). The molecule has 0 unspecified atom stereocenters. The van der Waals surface area contributed by atoms with Crippen molar-refractivity contribution in [3.05, 3.63) is 108 Å². The maximum Gasteiger partial charge on any atom is 2.00 e. The fourth-order valence-electron chi connectivity index (χ4n) is 6.57. The molecule has 0 spiro atoms. The van der Waals surface area contributed by atoms with Crippen LogP contribution < -0.4 is 9.47 Å². The van der Waals surface area contributed by atoms with Crippen LogP contribution in [0.2, 0.25) is 0 Å². The third-order valence-corrected chi connectivity index (χ3v) is 9.17. The van der Waals surface area contributed by atoms with Crippen molar-refractivity contribution in [3.63, 3.8) is 0 Å². The van der Waals surface area contributed by atoms with E-state index >= 15 is 0 Å². The maximum atomic E-state index is 6.08. The molecule has 0 saturated carbocycles. The number of hydrogen-bond donors (Lipinski definition) is 2. The number of H-pyrrole nitrogens is 2. The average molecular weight is 758 g/mol. The molecule has 3 aromatic heterocycles. The minimum atomic E-state index is 0. The Kier molecular flexibility index (Phi) is 11.4. The molecule has 2 aliphatic rings. The Morgan fingerprint density at radius 2 is 0.906 bits per heavy atom. The molecule has 0 saturated heterocycles. The summed E-state index contributed by atoms with van der Waals surface area (Å²) in [6, 6.07) is 29.3. The molecule has 2 N–H and O–H groups in total. The Morgan fingerprint density at radius 3 is 1.28 bits per heavy atom. The van der Waals surface area contributed by atoms with Gasteiger partial charge < -0.3 is 28.4 Å². The zero-order chi connectivity index (χ0) is 36.3. The van der Waals surface area contributed by atoms with Crippen LogP contribution in [0.25, 0.3) is 68.6 Å². The van der Waals surface area contributed by atoms with Crippen LogP contribution in [0.1, 0.15) is 35.6 Å². The number of quaternary nitrogens is 2. The van der Waals surface area contributed by atoms with E-state index in [-0.39, 0.29) is 17.1 Å². The molecular formula is C44H50CuN6O2+4. The number of ether oxygens (including phenoxy) is 2. The molecule has 0 atom stereocenters. The van der Waals surface area contributed by atoms with Gasteiger partial charge in [0.05, 0.1) is 91.4 Å². The third kappa shape index (κ3) is 9.75. The predicted octanol–water partition coefficient (Wildman–Crippen LogP) is 8.94. The van der Waals surface area contributed by atoms with Crippen LogP contribution in [0.15, 0.2) is 84.9 Å². The fraction of sp³-hybridized carbons (Fsp3) is 0.273. The zero-order valence-corrected chi connectivity index (χ0v) is 32.5. The Hall–Kier alpha value is -4.92. The molecule has 0 amide bonds. The first kappa shape index (κ1) is 37.8. The van der Waals surface area contributed by atoms with E-state index in [2.05, 4.69) is 161 Å². The number of nitrogens with zero attached hydrogens (tertiary/aromatic N) is 4. The van der Waals surface area contributed by atoms with Crippen molar-refractivity contribution in [2.24, 2.45) is 0 Å². The zero-order valence-electron chi connectivity index (χ0n) is 31.5. The van der Waals surface area contributed by atoms with Crippen molar-refractivity contribution >= 4 is 46.4 Å². The molecule has 2 aliphatic heterocycles. The van der Waals surface area contributed by atoms with Crippen LogP contribution in [0.4, 0.5) is 0 Å². The van der Waals surface area contributed by atoms with E-state index in [1.165, 1.54) is 0 Å². The van der Waals surface area contributed by atoms with Gasteiger partial charge in [-0.05, 0) is 96.1 Å². The molecular weight excluding hydrogens is 708 g/mol. The summed E-state index contributed by atoms with van der Waals surface area (Å²) in [6.07, 6.45) is 10.3. The van der Waals surface area contributed by atoms with Crippen LogP contribution in [-0.2, 0) is 17.1 Å². The van der Waals surface area contributed by atoms with E-state index in [9.17, 15) is 0 Å². The van der Waals surface area contributed by atoms with Gasteiger partial charge in [0.15, 0.2) is 0 Å². The van der Waals surface area contributed by atoms with Crippen LogP contribution in [0, 0.1) is 0 Å². The van der Waals surface area contributed by atoms with E-state index in [1.54, 1.807) is 0 Å². The van der Waals surface area contributed by atoms with Gasteiger partial charge in [0.1, 0.15) is 11.5 Å². The molecule has 0 aliphatic carbocycles. The van der Waals surface area contributed by atoms with E-state index < -0.39 is 0 Å². The number of benzene rings is 2. The summed E-state index contributed by atoms with van der Waals surface area (Å²) in [5.41, 5.74) is 11.7. The molecule has 8 bridgehead atoms. The van der Waals surface area contributed by atoms with Gasteiger partial charge in [0, 0.05) is 46.0 Å². The smallest absolute Gasteiger partial charge is 0.493 e. The minimum Gasteiger partial charge on any atom is -0.493 e. The summed E-state index contributed by atoms with van der Waals surface area (Å²) < 4.78 is 14.0. The largest absolute Gasteiger partial charge is 2.00 e. The van der Waals surface area contributed by atoms with E-state index in [0.717, 1.165) is 113 Å². The molecule has 1 radical (unpaired) electrons. The Balaban J connectivity index is 0.00000481. The van der Waals surface area contributed by atoms with Gasteiger partial charge in [-0.15, -0.1) is 0 Å². The van der Waals surface area contributed by atoms with Gasteiger partial charge in [-0.1, -0.05) is 24.3 Å². The molecule has 0 fully saturated rings. The normalized spacial score (nSPS) is 12.5. The van der Waals surface area contributed by atoms with E-state index in [1.807, 2.05) is 0 Å². The second-order valence-corrected chi connectivity index (χ2v) is 15.7. The maximum absolute atomic E-state index is 6.08. The molecule has 5 aromatic rings. The van der Waals surface area contributed by atoms with Crippen molar-refractivity contribution in [1.82, 2.24) is 19.9 Å². The fourth-order valence-corrected chi connectivity index (χ4v) is 6.57. The number of aromatic nitrogens is 4. The van der Waals surface area contributed by atoms with Gasteiger partial charge in [0.25, 0.3) is 0 Å². The standard InChI is InChI=1S/C44H50N6O2.Cu/c1-49(2,3)25-7-27-51-37-17-9-31(10-18-37)43-39-21-13-33(45-39)29-35-15-23-41(47-35)44(42-24-16-36(48-42)30-34-14-22-40(43)46-34)32-11-19-38(20-12-32)52-28-8-26-50(4,5)6;/h9-24,29-30,45,48H,7-8,25-28H2,1-6H3;/q2*+2. The van der Waals surface area contributed by atoms with Crippen molar-refractivity contribution in [3.8, 4) is 33.8 Å². The van der Waals surface area contributed by atoms with Crippen molar-refractivity contribution in [2.75, 3.05) is 68.6 Å². The van der Waals surface area contributed by atoms with Gasteiger partial charge in [0.2, 0.25) is 0 Å². The molecule has 275 valence electrons. The van der Waals surface area contributed by atoms with Crippen molar-refractivity contribution < 1.29 is 35.5 Å². The summed E-state index contributed by atoms with van der Waals surface area (Å²) >= 11 is 0. The molecule has 2 aromatic carbocycles. The van der Waals surface area contributed by atoms with Crippen LogP contribution >= 0.6 is 0 Å². The molecule has 5 heterocycles. The van der Waals surface area contributed by atoms with Crippen molar-refractivity contribution in [1.29, 1.82) is 0 Å². The molecule has 53 heavy (non-hydrogen) atoms. The summed E-state index contributed by atoms with van der Waals surface area (Å²) in [5, 5.41) is 0. The Morgan fingerprint density at radius 1 is 0.509 bits per heavy atom. The van der Waals surface area contributed by atoms with Crippen molar-refractivity contribution in [2.45, 2.75) is 12.8 Å². The summed E-state index contributed by atoms with van der Waals surface area (Å²) in [7, 11) is 13.2. The minimum absolute atomic E-state index is 0.